The van der Waals surface area contributed by atoms with Crippen molar-refractivity contribution in [2.75, 3.05) is 17.4 Å². The summed E-state index contributed by atoms with van der Waals surface area (Å²) in [5.41, 5.74) is 3.27. The van der Waals surface area contributed by atoms with Crippen molar-refractivity contribution in [3.63, 3.8) is 0 Å². The SMILES string of the molecule is CCCSC1=N/C(=C/c2ccc3c(c2)OCO3)C(=O)N1c1ccc(C)cc1. The molecule has 2 aliphatic rings. The van der Waals surface area contributed by atoms with E-state index in [0.29, 0.717) is 11.4 Å². The van der Waals surface area contributed by atoms with Gasteiger partial charge in [-0.05, 0) is 49.2 Å². The lowest BCUT2D eigenvalue weighted by Crippen LogP contribution is -2.30. The molecule has 6 heteroatoms. The third-order valence-corrected chi connectivity index (χ3v) is 5.40. The molecule has 1 amide bonds. The molecular formula is C21H20N2O3S. The van der Waals surface area contributed by atoms with Crippen LogP contribution in [0, 0.1) is 6.92 Å². The average molecular weight is 380 g/mol. The number of hydrogen-bond donors (Lipinski definition) is 0. The van der Waals surface area contributed by atoms with E-state index in [2.05, 4.69) is 11.9 Å². The third kappa shape index (κ3) is 3.57. The summed E-state index contributed by atoms with van der Waals surface area (Å²) in [6.07, 6.45) is 2.81. The summed E-state index contributed by atoms with van der Waals surface area (Å²) in [6.45, 7) is 4.37. The summed E-state index contributed by atoms with van der Waals surface area (Å²) in [5, 5.41) is 0.720. The number of thioether (sulfide) groups is 1. The van der Waals surface area contributed by atoms with Gasteiger partial charge in [0.2, 0.25) is 6.79 Å². The molecule has 2 aliphatic heterocycles. The molecule has 0 bridgehead atoms. The summed E-state index contributed by atoms with van der Waals surface area (Å²) in [5.74, 6) is 2.20. The van der Waals surface area contributed by atoms with Gasteiger partial charge in [-0.2, -0.15) is 0 Å². The summed E-state index contributed by atoms with van der Waals surface area (Å²) in [6, 6.07) is 13.5. The van der Waals surface area contributed by atoms with Gasteiger partial charge in [-0.25, -0.2) is 4.99 Å². The van der Waals surface area contributed by atoms with Crippen LogP contribution in [0.3, 0.4) is 0 Å². The van der Waals surface area contributed by atoms with Gasteiger partial charge in [0.15, 0.2) is 16.7 Å². The number of rotatable bonds is 4. The molecule has 0 aliphatic carbocycles. The molecule has 0 spiro atoms. The minimum atomic E-state index is -0.116. The number of aliphatic imine (C=N–C) groups is 1. The lowest BCUT2D eigenvalue weighted by atomic mass is 10.1. The van der Waals surface area contributed by atoms with E-state index in [9.17, 15) is 4.79 Å². The largest absolute Gasteiger partial charge is 0.454 e. The number of aryl methyl sites for hydroxylation is 1. The first-order valence-electron chi connectivity index (χ1n) is 8.89. The monoisotopic (exact) mass is 380 g/mol. The fourth-order valence-corrected chi connectivity index (χ4v) is 3.74. The van der Waals surface area contributed by atoms with Crippen LogP contribution in [0.15, 0.2) is 53.2 Å². The Labute approximate surface area is 162 Å². The van der Waals surface area contributed by atoms with Crippen LogP contribution in [0.5, 0.6) is 11.5 Å². The highest BCUT2D eigenvalue weighted by atomic mass is 32.2. The Morgan fingerprint density at radius 2 is 1.93 bits per heavy atom. The molecule has 0 saturated carbocycles. The minimum absolute atomic E-state index is 0.116. The Kier molecular flexibility index (Phi) is 4.90. The van der Waals surface area contributed by atoms with Crippen LogP contribution in [-0.2, 0) is 4.79 Å². The highest BCUT2D eigenvalue weighted by Gasteiger charge is 2.31. The van der Waals surface area contributed by atoms with Gasteiger partial charge in [0.1, 0.15) is 5.70 Å². The number of amidine groups is 1. The van der Waals surface area contributed by atoms with E-state index in [0.717, 1.165) is 39.9 Å². The van der Waals surface area contributed by atoms with Gasteiger partial charge in [0, 0.05) is 5.75 Å². The first kappa shape index (κ1) is 17.7. The van der Waals surface area contributed by atoms with E-state index in [1.807, 2.05) is 49.4 Å². The van der Waals surface area contributed by atoms with Crippen LogP contribution in [-0.4, -0.2) is 23.6 Å². The summed E-state index contributed by atoms with van der Waals surface area (Å²) in [7, 11) is 0. The van der Waals surface area contributed by atoms with Crippen molar-refractivity contribution in [2.24, 2.45) is 4.99 Å². The van der Waals surface area contributed by atoms with E-state index >= 15 is 0 Å². The van der Waals surface area contributed by atoms with Crippen molar-refractivity contribution in [1.82, 2.24) is 0 Å². The van der Waals surface area contributed by atoms with E-state index < -0.39 is 0 Å². The van der Waals surface area contributed by atoms with Crippen LogP contribution in [0.1, 0.15) is 24.5 Å². The molecule has 2 aromatic rings. The van der Waals surface area contributed by atoms with E-state index in [1.54, 1.807) is 22.7 Å². The number of benzene rings is 2. The molecule has 2 aromatic carbocycles. The predicted molar refractivity (Wildman–Crippen MR) is 109 cm³/mol. The Hall–Kier alpha value is -2.73. The lowest BCUT2D eigenvalue weighted by Gasteiger charge is -2.17. The first-order chi connectivity index (χ1) is 13.2. The van der Waals surface area contributed by atoms with Gasteiger partial charge in [-0.1, -0.05) is 42.4 Å². The van der Waals surface area contributed by atoms with Gasteiger partial charge in [0.25, 0.3) is 5.91 Å². The Balaban J connectivity index is 1.67. The number of amides is 1. The summed E-state index contributed by atoms with van der Waals surface area (Å²) in [4.78, 5) is 19.4. The van der Waals surface area contributed by atoms with Crippen molar-refractivity contribution in [2.45, 2.75) is 20.3 Å². The van der Waals surface area contributed by atoms with Crippen molar-refractivity contribution in [3.8, 4) is 11.5 Å². The molecule has 2 heterocycles. The van der Waals surface area contributed by atoms with Gasteiger partial charge < -0.3 is 9.47 Å². The molecule has 0 N–H and O–H groups in total. The second-order valence-corrected chi connectivity index (χ2v) is 7.42. The number of nitrogens with zero attached hydrogens (tertiary/aromatic N) is 2. The Morgan fingerprint density at radius 3 is 2.70 bits per heavy atom. The maximum Gasteiger partial charge on any atom is 0.283 e. The van der Waals surface area contributed by atoms with E-state index in [-0.39, 0.29) is 12.7 Å². The second kappa shape index (κ2) is 7.48. The lowest BCUT2D eigenvalue weighted by molar-refractivity contribution is -0.113. The Bertz CT molecular complexity index is 935. The van der Waals surface area contributed by atoms with Gasteiger partial charge in [-0.15, -0.1) is 0 Å². The minimum Gasteiger partial charge on any atom is -0.454 e. The molecule has 27 heavy (non-hydrogen) atoms. The van der Waals surface area contributed by atoms with Crippen LogP contribution in [0.25, 0.3) is 6.08 Å². The zero-order valence-electron chi connectivity index (χ0n) is 15.3. The predicted octanol–water partition coefficient (Wildman–Crippen LogP) is 4.61. The summed E-state index contributed by atoms with van der Waals surface area (Å²) < 4.78 is 10.8. The molecule has 0 radical (unpaired) electrons. The van der Waals surface area contributed by atoms with Gasteiger partial charge in [-0.3, -0.25) is 9.69 Å². The molecule has 5 nitrogen and oxygen atoms in total. The summed E-state index contributed by atoms with van der Waals surface area (Å²) >= 11 is 1.60. The van der Waals surface area contributed by atoms with Gasteiger partial charge in [0.05, 0.1) is 5.69 Å². The molecule has 0 fully saturated rings. The quantitative estimate of drug-likeness (QED) is 0.727. The standard InChI is InChI=1S/C21H20N2O3S/c1-3-10-27-21-22-17(11-15-6-9-18-19(12-15)26-13-25-18)20(24)23(21)16-7-4-14(2)5-8-16/h4-9,11-12H,3,10,13H2,1-2H3/b17-11+. The van der Waals surface area contributed by atoms with Gasteiger partial charge >= 0.3 is 0 Å². The molecule has 138 valence electrons. The number of ether oxygens (including phenoxy) is 2. The zero-order chi connectivity index (χ0) is 18.8. The fourth-order valence-electron chi connectivity index (χ4n) is 2.87. The molecule has 0 unspecified atom stereocenters. The Morgan fingerprint density at radius 1 is 1.15 bits per heavy atom. The number of carbonyl (C=O) groups excluding carboxylic acids is 1. The first-order valence-corrected chi connectivity index (χ1v) is 9.88. The topological polar surface area (TPSA) is 51.1 Å². The number of carbonyl (C=O) groups is 1. The van der Waals surface area contributed by atoms with E-state index in [4.69, 9.17) is 9.47 Å². The van der Waals surface area contributed by atoms with Crippen molar-refractivity contribution < 1.29 is 14.3 Å². The number of fused-ring (bicyclic) bond motifs is 1. The fraction of sp³-hybridized carbons (Fsp3) is 0.238. The number of hydrogen-bond acceptors (Lipinski definition) is 5. The maximum absolute atomic E-state index is 13.1. The maximum atomic E-state index is 13.1. The molecule has 4 rings (SSSR count). The van der Waals surface area contributed by atoms with Crippen LogP contribution >= 0.6 is 11.8 Å². The van der Waals surface area contributed by atoms with Crippen LogP contribution in [0.2, 0.25) is 0 Å². The van der Waals surface area contributed by atoms with Crippen molar-refractivity contribution in [1.29, 1.82) is 0 Å². The molecule has 0 aromatic heterocycles. The number of anilines is 1. The van der Waals surface area contributed by atoms with Crippen molar-refractivity contribution in [3.05, 3.63) is 59.3 Å². The van der Waals surface area contributed by atoms with Crippen LogP contribution in [0.4, 0.5) is 5.69 Å². The highest BCUT2D eigenvalue weighted by molar-refractivity contribution is 8.14. The van der Waals surface area contributed by atoms with E-state index in [1.165, 1.54) is 0 Å². The third-order valence-electron chi connectivity index (χ3n) is 4.26. The van der Waals surface area contributed by atoms with Crippen molar-refractivity contribution >= 4 is 34.6 Å². The smallest absolute Gasteiger partial charge is 0.283 e. The normalized spacial score (nSPS) is 17.0. The molecule has 0 saturated heterocycles. The molecule has 0 atom stereocenters. The van der Waals surface area contributed by atoms with Crippen LogP contribution < -0.4 is 14.4 Å². The highest BCUT2D eigenvalue weighted by Crippen LogP contribution is 2.34. The second-order valence-electron chi connectivity index (χ2n) is 6.36. The average Bonchev–Trinajstić information content (AvgIpc) is 3.25. The zero-order valence-corrected chi connectivity index (χ0v) is 16.1. The molecular weight excluding hydrogens is 360 g/mol.